The summed E-state index contributed by atoms with van der Waals surface area (Å²) >= 11 is 0. The van der Waals surface area contributed by atoms with E-state index in [1.54, 1.807) is 18.6 Å². The number of amides is 1. The zero-order chi connectivity index (χ0) is 35.6. The van der Waals surface area contributed by atoms with Gasteiger partial charge in [-0.15, -0.1) is 0 Å². The molecule has 5 rings (SSSR count). The maximum absolute atomic E-state index is 13.1. The third-order valence-corrected chi connectivity index (χ3v) is 6.83. The molecule has 1 aromatic carbocycles. The number of nitrogens with zero attached hydrogens (tertiary/aromatic N) is 7. The summed E-state index contributed by atoms with van der Waals surface area (Å²) in [7, 11) is 2.16. The minimum atomic E-state index is -5.08. The van der Waals surface area contributed by atoms with Crippen molar-refractivity contribution >= 4 is 23.4 Å². The molecule has 0 saturated carbocycles. The standard InChI is InChI=1S/C25H30N8O.2C2HF3O2/c1-19-4-6-20(7-5-19)33-21(8-10-28-33)24-29-23(22-18-26-11-13-32(22)24)25(34)27-9-3-12-31-16-14-30(2)15-17-31;2*3-2(4,5)1(6)7/h4-8,10-11,13,18H,3,9,12,14-17H2,1-2H3,(H,27,34);2*(H,6,7). The van der Waals surface area contributed by atoms with Crippen LogP contribution in [0.3, 0.4) is 0 Å². The van der Waals surface area contributed by atoms with Crippen LogP contribution in [0.25, 0.3) is 22.7 Å². The Morgan fingerprint density at radius 3 is 2.04 bits per heavy atom. The van der Waals surface area contributed by atoms with Gasteiger partial charge in [0.25, 0.3) is 5.91 Å². The number of carboxylic acids is 2. The zero-order valence-electron chi connectivity index (χ0n) is 25.7. The van der Waals surface area contributed by atoms with E-state index in [1.165, 1.54) is 5.56 Å². The highest BCUT2D eigenvalue weighted by atomic mass is 19.4. The third-order valence-electron chi connectivity index (χ3n) is 6.83. The Morgan fingerprint density at radius 2 is 1.48 bits per heavy atom. The third kappa shape index (κ3) is 10.5. The normalized spacial score (nSPS) is 14.0. The molecule has 4 heterocycles. The molecule has 4 aromatic rings. The second kappa shape index (κ2) is 16.2. The van der Waals surface area contributed by atoms with Crippen LogP contribution in [-0.4, -0.2) is 121 Å². The van der Waals surface area contributed by atoms with Crippen molar-refractivity contribution < 1.29 is 50.9 Å². The van der Waals surface area contributed by atoms with Crippen LogP contribution < -0.4 is 5.32 Å². The fraction of sp³-hybridized carbons (Fsp3) is 0.379. The van der Waals surface area contributed by atoms with Crippen molar-refractivity contribution in [3.63, 3.8) is 0 Å². The van der Waals surface area contributed by atoms with E-state index in [4.69, 9.17) is 24.8 Å². The van der Waals surface area contributed by atoms with Crippen molar-refractivity contribution in [2.45, 2.75) is 25.7 Å². The van der Waals surface area contributed by atoms with E-state index < -0.39 is 24.3 Å². The lowest BCUT2D eigenvalue weighted by Crippen LogP contribution is -2.45. The van der Waals surface area contributed by atoms with Gasteiger partial charge in [-0.3, -0.25) is 14.2 Å². The summed E-state index contributed by atoms with van der Waals surface area (Å²) in [6, 6.07) is 10.1. The minimum absolute atomic E-state index is 0.184. The molecular weight excluding hydrogens is 654 g/mol. The molecule has 48 heavy (non-hydrogen) atoms. The maximum atomic E-state index is 13.1. The largest absolute Gasteiger partial charge is 0.490 e. The molecule has 1 amide bonds. The average molecular weight is 687 g/mol. The van der Waals surface area contributed by atoms with Crippen LogP contribution in [0.2, 0.25) is 0 Å². The molecule has 260 valence electrons. The first kappa shape index (κ1) is 37.4. The van der Waals surface area contributed by atoms with E-state index in [-0.39, 0.29) is 5.91 Å². The number of aromatic nitrogens is 5. The molecule has 3 aromatic heterocycles. The maximum Gasteiger partial charge on any atom is 0.490 e. The SMILES string of the molecule is Cc1ccc(-n2nccc2-c2nc(C(=O)NCCCN3CCN(C)CC3)c3cnccn23)cc1.O=C(O)C(F)(F)F.O=C(O)C(F)(F)F. The van der Waals surface area contributed by atoms with Gasteiger partial charge in [-0.25, -0.2) is 19.3 Å². The lowest BCUT2D eigenvalue weighted by atomic mass is 10.2. The second-order valence-corrected chi connectivity index (χ2v) is 10.4. The van der Waals surface area contributed by atoms with Crippen molar-refractivity contribution in [1.29, 1.82) is 0 Å². The molecule has 1 fully saturated rings. The molecule has 1 saturated heterocycles. The summed E-state index contributed by atoms with van der Waals surface area (Å²) in [5, 5.41) is 21.8. The van der Waals surface area contributed by atoms with Gasteiger partial charge in [-0.05, 0) is 45.1 Å². The number of carbonyl (C=O) groups excluding carboxylic acids is 1. The number of carbonyl (C=O) groups is 3. The number of piperazine rings is 1. The predicted octanol–water partition coefficient (Wildman–Crippen LogP) is 3.52. The Balaban J connectivity index is 0.000000376. The van der Waals surface area contributed by atoms with Crippen molar-refractivity contribution in [2.24, 2.45) is 0 Å². The molecule has 0 bridgehead atoms. The van der Waals surface area contributed by atoms with E-state index in [1.807, 2.05) is 33.5 Å². The van der Waals surface area contributed by atoms with E-state index in [0.717, 1.165) is 50.5 Å². The van der Waals surface area contributed by atoms with Gasteiger partial charge < -0.3 is 25.3 Å². The summed E-state index contributed by atoms with van der Waals surface area (Å²) in [4.78, 5) is 44.6. The molecule has 13 nitrogen and oxygen atoms in total. The predicted molar refractivity (Wildman–Crippen MR) is 159 cm³/mol. The molecule has 1 aliphatic rings. The highest BCUT2D eigenvalue weighted by molar-refractivity contribution is 5.99. The minimum Gasteiger partial charge on any atom is -0.475 e. The Hall–Kier alpha value is -5.04. The molecule has 0 atom stereocenters. The first-order valence-corrected chi connectivity index (χ1v) is 14.2. The molecule has 0 radical (unpaired) electrons. The van der Waals surface area contributed by atoms with Crippen LogP contribution in [-0.2, 0) is 9.59 Å². The topological polar surface area (TPSA) is 158 Å². The number of aryl methyl sites for hydroxylation is 1. The van der Waals surface area contributed by atoms with E-state index >= 15 is 0 Å². The van der Waals surface area contributed by atoms with Crippen LogP contribution in [0.1, 0.15) is 22.5 Å². The van der Waals surface area contributed by atoms with Gasteiger partial charge in [0, 0.05) is 45.1 Å². The van der Waals surface area contributed by atoms with Gasteiger partial charge in [0.05, 0.1) is 23.6 Å². The summed E-state index contributed by atoms with van der Waals surface area (Å²) in [5.41, 5.74) is 3.97. The fourth-order valence-electron chi connectivity index (χ4n) is 4.31. The number of fused-ring (bicyclic) bond motifs is 1. The number of likely N-dealkylation sites (N-methyl/N-ethyl adjacent to an activating group) is 1. The fourth-order valence-corrected chi connectivity index (χ4v) is 4.31. The molecule has 3 N–H and O–H groups in total. The Labute approximate surface area is 269 Å². The molecular formula is C29H32F6N8O5. The molecule has 0 spiro atoms. The number of hydrogen-bond acceptors (Lipinski definition) is 8. The number of benzene rings is 1. The van der Waals surface area contributed by atoms with Gasteiger partial charge in [-0.1, -0.05) is 17.7 Å². The first-order valence-electron chi connectivity index (χ1n) is 14.2. The number of aliphatic carboxylic acids is 2. The van der Waals surface area contributed by atoms with Gasteiger partial charge in [0.15, 0.2) is 11.5 Å². The summed E-state index contributed by atoms with van der Waals surface area (Å²) in [6.45, 7) is 8.02. The van der Waals surface area contributed by atoms with Crippen LogP contribution >= 0.6 is 0 Å². The van der Waals surface area contributed by atoms with Gasteiger partial charge in [0.2, 0.25) is 0 Å². The average Bonchev–Trinajstić information content (AvgIpc) is 3.65. The number of carboxylic acid groups (broad SMARTS) is 2. The number of rotatable bonds is 7. The highest BCUT2D eigenvalue weighted by Gasteiger charge is 2.38. The van der Waals surface area contributed by atoms with Crippen LogP contribution in [0, 0.1) is 6.92 Å². The summed E-state index contributed by atoms with van der Waals surface area (Å²) in [5.74, 6) is -5.05. The Bertz CT molecular complexity index is 1660. The van der Waals surface area contributed by atoms with Gasteiger partial charge >= 0.3 is 24.3 Å². The quantitative estimate of drug-likeness (QED) is 0.194. The second-order valence-electron chi connectivity index (χ2n) is 10.4. The van der Waals surface area contributed by atoms with Crippen molar-refractivity contribution in [3.05, 3.63) is 66.4 Å². The molecule has 19 heteroatoms. The lowest BCUT2D eigenvalue weighted by molar-refractivity contribution is -0.193. The highest BCUT2D eigenvalue weighted by Crippen LogP contribution is 2.25. The van der Waals surface area contributed by atoms with Crippen LogP contribution in [0.4, 0.5) is 26.3 Å². The van der Waals surface area contributed by atoms with Crippen LogP contribution in [0.15, 0.2) is 55.1 Å². The Morgan fingerprint density at radius 1 is 0.896 bits per heavy atom. The van der Waals surface area contributed by atoms with Crippen LogP contribution in [0.5, 0.6) is 0 Å². The van der Waals surface area contributed by atoms with E-state index in [2.05, 4.69) is 51.3 Å². The summed E-state index contributed by atoms with van der Waals surface area (Å²) in [6.07, 6.45) is -2.30. The number of imidazole rings is 1. The molecule has 1 aliphatic heterocycles. The van der Waals surface area contributed by atoms with E-state index in [0.29, 0.717) is 23.6 Å². The molecule has 0 unspecified atom stereocenters. The Kier molecular flexibility index (Phi) is 12.6. The van der Waals surface area contributed by atoms with Gasteiger partial charge in [0.1, 0.15) is 5.69 Å². The van der Waals surface area contributed by atoms with E-state index in [9.17, 15) is 31.1 Å². The number of halogens is 6. The van der Waals surface area contributed by atoms with Crippen molar-refractivity contribution in [3.8, 4) is 17.2 Å². The molecule has 0 aliphatic carbocycles. The zero-order valence-corrected chi connectivity index (χ0v) is 25.7. The monoisotopic (exact) mass is 686 g/mol. The van der Waals surface area contributed by atoms with Crippen molar-refractivity contribution in [2.75, 3.05) is 46.3 Å². The first-order chi connectivity index (χ1) is 22.5. The number of hydrogen-bond donors (Lipinski definition) is 3. The van der Waals surface area contributed by atoms with Crippen molar-refractivity contribution in [1.82, 2.24) is 39.3 Å². The summed E-state index contributed by atoms with van der Waals surface area (Å²) < 4.78 is 67.2. The number of alkyl halides is 6. The lowest BCUT2D eigenvalue weighted by Gasteiger charge is -2.32. The smallest absolute Gasteiger partial charge is 0.475 e. The van der Waals surface area contributed by atoms with Gasteiger partial charge in [-0.2, -0.15) is 31.4 Å². The number of nitrogens with one attached hydrogen (secondary N) is 1.